The first kappa shape index (κ1) is 23.7. The first-order valence-corrected chi connectivity index (χ1v) is 15.1. The second-order valence-electron chi connectivity index (χ2n) is 7.82. The van der Waals surface area contributed by atoms with Gasteiger partial charge in [0.15, 0.2) is 0 Å². The monoisotopic (exact) mass is 566 g/mol. The predicted octanol–water partition coefficient (Wildman–Crippen LogP) is 9.40. The number of benzene rings is 1. The lowest BCUT2D eigenvalue weighted by Crippen LogP contribution is -1.81. The summed E-state index contributed by atoms with van der Waals surface area (Å²) in [5.41, 5.74) is 5.16. The van der Waals surface area contributed by atoms with E-state index in [0.29, 0.717) is 11.1 Å². The van der Waals surface area contributed by atoms with Crippen molar-refractivity contribution in [3.05, 3.63) is 90.9 Å². The number of allylic oxidation sites excluding steroid dienone is 2. The zero-order valence-electron chi connectivity index (χ0n) is 18.9. The van der Waals surface area contributed by atoms with Crippen LogP contribution in [0.1, 0.15) is 19.5 Å². The van der Waals surface area contributed by atoms with Crippen LogP contribution in [-0.2, 0) is 0 Å². The number of nitriles is 2. The van der Waals surface area contributed by atoms with Crippen molar-refractivity contribution in [3.63, 3.8) is 0 Å². The normalized spacial score (nSPS) is 12.1. The van der Waals surface area contributed by atoms with Gasteiger partial charge < -0.3 is 0 Å². The maximum Gasteiger partial charge on any atom is 0.114 e. The molecule has 1 aromatic carbocycles. The van der Waals surface area contributed by atoms with Crippen LogP contribution in [-0.4, -0.2) is 8.75 Å². The molecular weight excluding hydrogens is 553 g/mol. The van der Waals surface area contributed by atoms with Gasteiger partial charge in [-0.15, -0.1) is 45.3 Å². The van der Waals surface area contributed by atoms with Gasteiger partial charge in [-0.2, -0.15) is 19.3 Å². The lowest BCUT2D eigenvalue weighted by Gasteiger charge is -2.03. The lowest BCUT2D eigenvalue weighted by atomic mass is 10.1. The summed E-state index contributed by atoms with van der Waals surface area (Å²) < 4.78 is 9.27. The van der Waals surface area contributed by atoms with Crippen molar-refractivity contribution in [1.82, 2.24) is 8.75 Å². The van der Waals surface area contributed by atoms with Crippen LogP contribution in [0, 0.1) is 22.7 Å². The lowest BCUT2D eigenvalue weighted by molar-refractivity contribution is 1.54. The van der Waals surface area contributed by atoms with E-state index in [1.54, 1.807) is 45.3 Å². The second kappa shape index (κ2) is 10.3. The van der Waals surface area contributed by atoms with Crippen molar-refractivity contribution in [3.8, 4) is 33.0 Å². The van der Waals surface area contributed by atoms with Crippen molar-refractivity contribution in [2.24, 2.45) is 0 Å². The SMILES string of the molecule is N#CC(=Cc1ccc(-c2ccc(-c3ccc(C=C(C#N)c4cccs4)s3)c3nsnc23)s1)c1cccs1. The van der Waals surface area contributed by atoms with Gasteiger partial charge >= 0.3 is 0 Å². The summed E-state index contributed by atoms with van der Waals surface area (Å²) in [6.45, 7) is 0. The van der Waals surface area contributed by atoms with Crippen LogP contribution in [0.4, 0.5) is 0 Å². The van der Waals surface area contributed by atoms with Crippen LogP contribution in [0.25, 0.3) is 55.2 Å². The third kappa shape index (κ3) is 4.72. The Morgan fingerprint density at radius 1 is 0.649 bits per heavy atom. The fraction of sp³-hybridized carbons (Fsp3) is 0. The highest BCUT2D eigenvalue weighted by molar-refractivity contribution is 7.17. The number of hydrogen-bond donors (Lipinski definition) is 0. The van der Waals surface area contributed by atoms with Crippen molar-refractivity contribution in [2.45, 2.75) is 0 Å². The van der Waals surface area contributed by atoms with Crippen molar-refractivity contribution >= 4 is 91.4 Å². The Balaban J connectivity index is 1.34. The summed E-state index contributed by atoms with van der Waals surface area (Å²) >= 11 is 7.62. The van der Waals surface area contributed by atoms with Gasteiger partial charge in [-0.3, -0.25) is 0 Å². The number of thiophene rings is 4. The molecular formula is C28H14N4S5. The molecule has 0 atom stereocenters. The molecule has 6 rings (SSSR count). The van der Waals surface area contributed by atoms with Gasteiger partial charge in [0, 0.05) is 40.4 Å². The Labute approximate surface area is 233 Å². The van der Waals surface area contributed by atoms with Crippen LogP contribution < -0.4 is 0 Å². The molecule has 6 aromatic rings. The number of rotatable bonds is 6. The standard InChI is InChI=1S/C28H14N4S5/c29-15-17(23-3-1-11-33-23)13-19-5-9-25(35-19)21-7-8-22(28-27(21)31-37-32-28)26-10-6-20(36-26)14-18(16-30)24-4-2-12-34-24/h1-14H. The first-order chi connectivity index (χ1) is 18.2. The van der Waals surface area contributed by atoms with E-state index in [2.05, 4.69) is 45.2 Å². The molecule has 0 unspecified atom stereocenters. The number of fused-ring (bicyclic) bond motifs is 1. The van der Waals surface area contributed by atoms with Gasteiger partial charge in [0.2, 0.25) is 0 Å². The molecule has 5 aromatic heterocycles. The molecule has 0 aliphatic heterocycles. The molecule has 0 amide bonds. The summed E-state index contributed by atoms with van der Waals surface area (Å²) in [5, 5.41) is 23.2. The molecule has 0 aliphatic carbocycles. The van der Waals surface area contributed by atoms with E-state index < -0.39 is 0 Å². The fourth-order valence-electron chi connectivity index (χ4n) is 3.88. The van der Waals surface area contributed by atoms with Crippen LogP contribution in [0.3, 0.4) is 0 Å². The Morgan fingerprint density at radius 2 is 1.14 bits per heavy atom. The molecule has 0 aliphatic rings. The van der Waals surface area contributed by atoms with Gasteiger partial charge in [-0.1, -0.05) is 24.3 Å². The smallest absolute Gasteiger partial charge is 0.114 e. The van der Waals surface area contributed by atoms with Crippen molar-refractivity contribution in [1.29, 1.82) is 10.5 Å². The summed E-state index contributed by atoms with van der Waals surface area (Å²) in [4.78, 5) is 6.15. The Hall–Kier alpha value is -3.70. The molecule has 37 heavy (non-hydrogen) atoms. The van der Waals surface area contributed by atoms with Crippen LogP contribution in [0.15, 0.2) is 71.4 Å². The zero-order chi connectivity index (χ0) is 25.2. The maximum atomic E-state index is 9.61. The highest BCUT2D eigenvalue weighted by Gasteiger charge is 2.16. The van der Waals surface area contributed by atoms with Gasteiger partial charge in [-0.25, -0.2) is 0 Å². The molecule has 0 radical (unpaired) electrons. The summed E-state index contributed by atoms with van der Waals surface area (Å²) in [5.74, 6) is 0. The third-order valence-corrected chi connectivity index (χ3v) is 10.1. The zero-order valence-corrected chi connectivity index (χ0v) is 23.0. The number of aromatic nitrogens is 2. The van der Waals surface area contributed by atoms with Crippen LogP contribution in [0.2, 0.25) is 0 Å². The minimum atomic E-state index is 0.667. The third-order valence-electron chi connectivity index (χ3n) is 5.59. The maximum absolute atomic E-state index is 9.61. The van der Waals surface area contributed by atoms with Crippen LogP contribution >= 0.6 is 57.1 Å². The molecule has 4 nitrogen and oxygen atoms in total. The topological polar surface area (TPSA) is 73.4 Å². The fourth-order valence-corrected chi connectivity index (χ4v) is 7.79. The van der Waals surface area contributed by atoms with Gasteiger partial charge in [0.25, 0.3) is 0 Å². The summed E-state index contributed by atoms with van der Waals surface area (Å²) in [6.07, 6.45) is 3.88. The Kier molecular flexibility index (Phi) is 6.62. The molecule has 0 fully saturated rings. The molecule has 0 saturated heterocycles. The van der Waals surface area contributed by atoms with Gasteiger partial charge in [-0.05, 0) is 59.3 Å². The summed E-state index contributed by atoms with van der Waals surface area (Å²) in [6, 6.07) is 24.9. The minimum Gasteiger partial charge on any atom is -0.192 e. The molecule has 5 heterocycles. The number of nitrogens with zero attached hydrogens (tertiary/aromatic N) is 4. The second-order valence-corrected chi connectivity index (χ2v) is 12.5. The average Bonchev–Trinajstić information content (AvgIpc) is 3.75. The molecule has 0 N–H and O–H groups in total. The largest absolute Gasteiger partial charge is 0.192 e. The molecule has 0 spiro atoms. The van der Waals surface area contributed by atoms with Crippen molar-refractivity contribution in [2.75, 3.05) is 0 Å². The highest BCUT2D eigenvalue weighted by Crippen LogP contribution is 2.40. The molecule has 9 heteroatoms. The Bertz CT molecular complexity index is 1710. The van der Waals surface area contributed by atoms with E-state index in [1.807, 2.05) is 59.3 Å². The van der Waals surface area contributed by atoms with E-state index in [0.717, 1.165) is 51.4 Å². The van der Waals surface area contributed by atoms with E-state index in [1.165, 1.54) is 11.7 Å². The predicted molar refractivity (Wildman–Crippen MR) is 160 cm³/mol. The van der Waals surface area contributed by atoms with E-state index in [4.69, 9.17) is 0 Å². The van der Waals surface area contributed by atoms with Gasteiger partial charge in [0.1, 0.15) is 23.2 Å². The minimum absolute atomic E-state index is 0.667. The van der Waals surface area contributed by atoms with E-state index >= 15 is 0 Å². The Morgan fingerprint density at radius 3 is 1.54 bits per heavy atom. The molecule has 0 saturated carbocycles. The molecule has 0 bridgehead atoms. The van der Waals surface area contributed by atoms with Crippen molar-refractivity contribution < 1.29 is 0 Å². The van der Waals surface area contributed by atoms with E-state index in [9.17, 15) is 10.5 Å². The van der Waals surface area contributed by atoms with Crippen LogP contribution in [0.5, 0.6) is 0 Å². The highest BCUT2D eigenvalue weighted by atomic mass is 32.1. The average molecular weight is 567 g/mol. The summed E-state index contributed by atoms with van der Waals surface area (Å²) in [7, 11) is 0. The quantitative estimate of drug-likeness (QED) is 0.188. The number of hydrogen-bond acceptors (Lipinski definition) is 9. The molecule has 176 valence electrons. The van der Waals surface area contributed by atoms with E-state index in [-0.39, 0.29) is 0 Å². The van der Waals surface area contributed by atoms with Gasteiger partial charge in [0.05, 0.1) is 22.9 Å². The first-order valence-electron chi connectivity index (χ1n) is 11.0.